The summed E-state index contributed by atoms with van der Waals surface area (Å²) >= 11 is 5.87. The molecule has 0 aliphatic heterocycles. The number of hydrogen-bond donors (Lipinski definition) is 1. The number of hydrogen-bond acceptors (Lipinski definition) is 4. The highest BCUT2D eigenvalue weighted by molar-refractivity contribution is 6.32. The van der Waals surface area contributed by atoms with Crippen LogP contribution in [0.25, 0.3) is 22.8 Å². The first-order chi connectivity index (χ1) is 9.63. The second kappa shape index (κ2) is 4.98. The molecular weight excluding hydrogens is 276 g/mol. The SMILES string of the molecule is Cc1cccc(-c2noc(-c3ccc(O)c(Cl)c3)n2)c1. The van der Waals surface area contributed by atoms with Crippen LogP contribution in [0.1, 0.15) is 5.56 Å². The largest absolute Gasteiger partial charge is 0.506 e. The van der Waals surface area contributed by atoms with E-state index >= 15 is 0 Å². The summed E-state index contributed by atoms with van der Waals surface area (Å²) in [7, 11) is 0. The van der Waals surface area contributed by atoms with Gasteiger partial charge in [0.05, 0.1) is 5.02 Å². The van der Waals surface area contributed by atoms with Gasteiger partial charge in [-0.05, 0) is 31.2 Å². The Morgan fingerprint density at radius 1 is 1.10 bits per heavy atom. The van der Waals surface area contributed by atoms with Gasteiger partial charge >= 0.3 is 0 Å². The Labute approximate surface area is 120 Å². The molecule has 0 atom stereocenters. The van der Waals surface area contributed by atoms with E-state index in [4.69, 9.17) is 16.1 Å². The minimum Gasteiger partial charge on any atom is -0.506 e. The molecule has 0 unspecified atom stereocenters. The molecule has 1 heterocycles. The van der Waals surface area contributed by atoms with Crippen LogP contribution in [0.5, 0.6) is 5.75 Å². The zero-order valence-electron chi connectivity index (χ0n) is 10.7. The number of aromatic hydroxyl groups is 1. The van der Waals surface area contributed by atoms with Gasteiger partial charge in [0, 0.05) is 11.1 Å². The molecule has 0 saturated carbocycles. The third-order valence-electron chi connectivity index (χ3n) is 2.90. The monoisotopic (exact) mass is 286 g/mol. The van der Waals surface area contributed by atoms with E-state index in [-0.39, 0.29) is 10.8 Å². The first kappa shape index (κ1) is 12.7. The van der Waals surface area contributed by atoms with Gasteiger partial charge in [-0.2, -0.15) is 4.98 Å². The first-order valence-electron chi connectivity index (χ1n) is 6.03. The van der Waals surface area contributed by atoms with Gasteiger partial charge < -0.3 is 9.63 Å². The van der Waals surface area contributed by atoms with E-state index in [1.165, 1.54) is 6.07 Å². The van der Waals surface area contributed by atoms with Crippen molar-refractivity contribution in [1.29, 1.82) is 0 Å². The maximum Gasteiger partial charge on any atom is 0.258 e. The van der Waals surface area contributed by atoms with Gasteiger partial charge in [-0.1, -0.05) is 40.5 Å². The molecule has 0 amide bonds. The van der Waals surface area contributed by atoms with Crippen LogP contribution in [0, 0.1) is 6.92 Å². The molecule has 0 bridgehead atoms. The fourth-order valence-corrected chi connectivity index (χ4v) is 2.06. The number of nitrogens with zero attached hydrogens (tertiary/aromatic N) is 2. The molecule has 0 radical (unpaired) electrons. The minimum atomic E-state index is 0.0221. The third-order valence-corrected chi connectivity index (χ3v) is 3.20. The Hall–Kier alpha value is -2.33. The molecular formula is C15H11ClN2O2. The molecule has 3 rings (SSSR count). The molecule has 0 aliphatic carbocycles. The molecule has 20 heavy (non-hydrogen) atoms. The van der Waals surface area contributed by atoms with Gasteiger partial charge in [-0.3, -0.25) is 0 Å². The highest BCUT2D eigenvalue weighted by atomic mass is 35.5. The van der Waals surface area contributed by atoms with Crippen molar-refractivity contribution in [2.75, 3.05) is 0 Å². The number of rotatable bonds is 2. The zero-order valence-corrected chi connectivity index (χ0v) is 11.4. The number of halogens is 1. The van der Waals surface area contributed by atoms with Crippen molar-refractivity contribution in [3.8, 4) is 28.6 Å². The van der Waals surface area contributed by atoms with Gasteiger partial charge in [0.15, 0.2) is 0 Å². The van der Waals surface area contributed by atoms with Gasteiger partial charge in [0.1, 0.15) is 5.75 Å². The second-order valence-electron chi connectivity index (χ2n) is 4.46. The van der Waals surface area contributed by atoms with Crippen LogP contribution in [-0.4, -0.2) is 15.2 Å². The average Bonchev–Trinajstić information content (AvgIpc) is 2.92. The van der Waals surface area contributed by atoms with E-state index in [9.17, 15) is 5.11 Å². The van der Waals surface area contributed by atoms with Crippen LogP contribution in [0.2, 0.25) is 5.02 Å². The van der Waals surface area contributed by atoms with Gasteiger partial charge in [0.2, 0.25) is 5.82 Å². The Morgan fingerprint density at radius 2 is 1.95 bits per heavy atom. The lowest BCUT2D eigenvalue weighted by molar-refractivity contribution is 0.432. The summed E-state index contributed by atoms with van der Waals surface area (Å²) in [6.45, 7) is 2.00. The molecule has 2 aromatic carbocycles. The first-order valence-corrected chi connectivity index (χ1v) is 6.41. The van der Waals surface area contributed by atoms with Crippen LogP contribution >= 0.6 is 11.6 Å². The molecule has 4 nitrogen and oxygen atoms in total. The van der Waals surface area contributed by atoms with Crippen LogP contribution in [0.4, 0.5) is 0 Å². The molecule has 3 aromatic rings. The highest BCUT2D eigenvalue weighted by Crippen LogP contribution is 2.29. The molecule has 0 spiro atoms. The topological polar surface area (TPSA) is 59.2 Å². The average molecular weight is 287 g/mol. The number of phenols is 1. The summed E-state index contributed by atoms with van der Waals surface area (Å²) in [4.78, 5) is 4.34. The summed E-state index contributed by atoms with van der Waals surface area (Å²) in [5.41, 5.74) is 2.69. The van der Waals surface area contributed by atoms with E-state index in [1.54, 1.807) is 12.1 Å². The minimum absolute atomic E-state index is 0.0221. The van der Waals surface area contributed by atoms with Gasteiger partial charge in [-0.25, -0.2) is 0 Å². The Bertz CT molecular complexity index is 768. The maximum absolute atomic E-state index is 9.41. The molecule has 1 N–H and O–H groups in total. The fraction of sp³-hybridized carbons (Fsp3) is 0.0667. The summed E-state index contributed by atoms with van der Waals surface area (Å²) in [5, 5.41) is 13.6. The molecule has 0 fully saturated rings. The summed E-state index contributed by atoms with van der Waals surface area (Å²) in [6, 6.07) is 12.6. The summed E-state index contributed by atoms with van der Waals surface area (Å²) in [6.07, 6.45) is 0. The summed E-state index contributed by atoms with van der Waals surface area (Å²) in [5.74, 6) is 0.908. The smallest absolute Gasteiger partial charge is 0.258 e. The lowest BCUT2D eigenvalue weighted by Crippen LogP contribution is -1.82. The number of benzene rings is 2. The quantitative estimate of drug-likeness (QED) is 0.771. The molecule has 0 saturated heterocycles. The number of aromatic nitrogens is 2. The third kappa shape index (κ3) is 2.38. The van der Waals surface area contributed by atoms with Crippen molar-refractivity contribution in [2.45, 2.75) is 6.92 Å². The molecule has 0 aliphatic rings. The number of aryl methyl sites for hydroxylation is 1. The van der Waals surface area contributed by atoms with Crippen molar-refractivity contribution in [1.82, 2.24) is 10.1 Å². The predicted molar refractivity (Wildman–Crippen MR) is 76.6 cm³/mol. The van der Waals surface area contributed by atoms with E-state index < -0.39 is 0 Å². The summed E-state index contributed by atoms with van der Waals surface area (Å²) < 4.78 is 5.24. The zero-order chi connectivity index (χ0) is 14.1. The highest BCUT2D eigenvalue weighted by Gasteiger charge is 2.12. The van der Waals surface area contributed by atoms with Gasteiger partial charge in [0.25, 0.3) is 5.89 Å². The fourth-order valence-electron chi connectivity index (χ4n) is 1.88. The standard InChI is InChI=1S/C15H11ClN2O2/c1-9-3-2-4-10(7-9)14-17-15(20-18-14)11-5-6-13(19)12(16)8-11/h2-8,19H,1H3. The Balaban J connectivity index is 1.99. The van der Waals surface area contributed by atoms with Crippen molar-refractivity contribution in [3.63, 3.8) is 0 Å². The van der Waals surface area contributed by atoms with Crippen LogP contribution in [0.3, 0.4) is 0 Å². The molecule has 5 heteroatoms. The van der Waals surface area contributed by atoms with Crippen LogP contribution in [0.15, 0.2) is 47.0 Å². The van der Waals surface area contributed by atoms with Gasteiger partial charge in [-0.15, -0.1) is 0 Å². The Morgan fingerprint density at radius 3 is 2.70 bits per heavy atom. The predicted octanol–water partition coefficient (Wildman–Crippen LogP) is 4.07. The van der Waals surface area contributed by atoms with Crippen molar-refractivity contribution in [3.05, 3.63) is 53.1 Å². The van der Waals surface area contributed by atoms with E-state index in [0.29, 0.717) is 17.3 Å². The van der Waals surface area contributed by atoms with Crippen molar-refractivity contribution < 1.29 is 9.63 Å². The lowest BCUT2D eigenvalue weighted by Gasteiger charge is -1.98. The van der Waals surface area contributed by atoms with E-state index in [2.05, 4.69) is 10.1 Å². The maximum atomic E-state index is 9.41. The lowest BCUT2D eigenvalue weighted by atomic mass is 10.1. The van der Waals surface area contributed by atoms with Crippen LogP contribution in [-0.2, 0) is 0 Å². The molecule has 1 aromatic heterocycles. The number of phenolic OH excluding ortho intramolecular Hbond substituents is 1. The van der Waals surface area contributed by atoms with Crippen LogP contribution < -0.4 is 0 Å². The van der Waals surface area contributed by atoms with E-state index in [0.717, 1.165) is 11.1 Å². The van der Waals surface area contributed by atoms with E-state index in [1.807, 2.05) is 31.2 Å². The molecule has 100 valence electrons. The second-order valence-corrected chi connectivity index (χ2v) is 4.87. The van der Waals surface area contributed by atoms with Crippen molar-refractivity contribution in [2.24, 2.45) is 0 Å². The normalized spacial score (nSPS) is 10.7. The van der Waals surface area contributed by atoms with Crippen molar-refractivity contribution >= 4 is 11.6 Å². The Kier molecular flexibility index (Phi) is 3.16.